The molecule has 2 unspecified atom stereocenters. The van der Waals surface area contributed by atoms with Crippen molar-refractivity contribution in [2.75, 3.05) is 19.6 Å². The lowest BCUT2D eigenvalue weighted by molar-refractivity contribution is -0.146. The summed E-state index contributed by atoms with van der Waals surface area (Å²) in [6.07, 6.45) is 6.02. The van der Waals surface area contributed by atoms with E-state index < -0.39 is 36.8 Å². The number of benzene rings is 2. The Morgan fingerprint density at radius 1 is 1.07 bits per heavy atom. The highest BCUT2D eigenvalue weighted by Gasteiger charge is 2.50. The Morgan fingerprint density at radius 2 is 1.77 bits per heavy atom. The van der Waals surface area contributed by atoms with Crippen LogP contribution < -0.4 is 11.1 Å². The van der Waals surface area contributed by atoms with Crippen LogP contribution in [0.2, 0.25) is 0 Å². The van der Waals surface area contributed by atoms with E-state index in [1.807, 2.05) is 18.2 Å². The molecule has 0 aliphatic carbocycles. The number of nitrogens with two attached hydrogens (primary N) is 1. The third kappa shape index (κ3) is 7.75. The van der Waals surface area contributed by atoms with Crippen LogP contribution in [0.1, 0.15) is 54.4 Å². The van der Waals surface area contributed by atoms with Crippen LogP contribution in [0.4, 0.5) is 8.78 Å². The summed E-state index contributed by atoms with van der Waals surface area (Å²) in [7, 11) is -5.70. The highest BCUT2D eigenvalue weighted by atomic mass is 31.2. The van der Waals surface area contributed by atoms with Crippen molar-refractivity contribution in [3.8, 4) is 0 Å². The molecule has 2 heterocycles. The Balaban J connectivity index is 1.42. The van der Waals surface area contributed by atoms with Gasteiger partial charge in [-0.3, -0.25) is 18.9 Å². The van der Waals surface area contributed by atoms with Crippen molar-refractivity contribution in [3.63, 3.8) is 0 Å². The molecule has 0 spiro atoms. The fraction of sp³-hybridized carbons (Fsp3) is 0.433. The molecule has 2 aliphatic rings. The highest BCUT2D eigenvalue weighted by molar-refractivity contribution is 7.52. The van der Waals surface area contributed by atoms with E-state index in [4.69, 9.17) is 15.5 Å². The number of amides is 3. The number of halogens is 2. The first-order chi connectivity index (χ1) is 20.4. The van der Waals surface area contributed by atoms with Crippen molar-refractivity contribution in [2.24, 2.45) is 5.73 Å². The van der Waals surface area contributed by atoms with Crippen molar-refractivity contribution < 1.29 is 37.5 Å². The molecule has 1 fully saturated rings. The van der Waals surface area contributed by atoms with Crippen LogP contribution >= 0.6 is 7.60 Å². The van der Waals surface area contributed by atoms with Gasteiger partial charge in [0.2, 0.25) is 17.7 Å². The molecule has 0 aromatic heterocycles. The number of carbonyl (C=O) groups is 3. The Kier molecular flexibility index (Phi) is 10.5. The van der Waals surface area contributed by atoms with Gasteiger partial charge in [-0.1, -0.05) is 48.5 Å². The quantitative estimate of drug-likeness (QED) is 0.172. The van der Waals surface area contributed by atoms with Gasteiger partial charge in [0, 0.05) is 31.3 Å². The molecule has 43 heavy (non-hydrogen) atoms. The monoisotopic (exact) mass is 618 g/mol. The molecule has 10 nitrogen and oxygen atoms in total. The molecule has 4 rings (SSSR count). The predicted molar refractivity (Wildman–Crippen MR) is 157 cm³/mol. The summed E-state index contributed by atoms with van der Waals surface area (Å²) in [6, 6.07) is 10.7. The summed E-state index contributed by atoms with van der Waals surface area (Å²) in [5.74, 6) is -1.03. The van der Waals surface area contributed by atoms with E-state index in [2.05, 4.69) is 11.4 Å². The number of nitrogens with zero attached hydrogens (tertiary/aromatic N) is 2. The number of likely N-dealkylation sites (tertiary alicyclic amines) is 1. The van der Waals surface area contributed by atoms with Gasteiger partial charge in [0.1, 0.15) is 12.1 Å². The zero-order valence-electron chi connectivity index (χ0n) is 23.7. The molecule has 2 aromatic carbocycles. The number of rotatable bonds is 11. The molecule has 5 N–H and O–H groups in total. The Labute approximate surface area is 249 Å². The first-order valence-corrected chi connectivity index (χ1v) is 15.9. The van der Waals surface area contributed by atoms with E-state index in [0.717, 1.165) is 30.2 Å². The predicted octanol–water partition coefficient (Wildman–Crippen LogP) is 3.12. The van der Waals surface area contributed by atoms with E-state index in [1.165, 1.54) is 23.8 Å². The van der Waals surface area contributed by atoms with Crippen molar-refractivity contribution in [3.05, 3.63) is 76.9 Å². The molecular formula is C30H37F2N4O6P. The van der Waals surface area contributed by atoms with E-state index >= 15 is 0 Å². The number of hydrogen-bond acceptors (Lipinski definition) is 5. The van der Waals surface area contributed by atoms with Gasteiger partial charge >= 0.3 is 13.3 Å². The van der Waals surface area contributed by atoms with Crippen LogP contribution in [0.5, 0.6) is 0 Å². The molecule has 0 radical (unpaired) electrons. The maximum Gasteiger partial charge on any atom is 0.399 e. The van der Waals surface area contributed by atoms with Crippen molar-refractivity contribution >= 4 is 31.4 Å². The first-order valence-electron chi connectivity index (χ1n) is 14.3. The minimum Gasteiger partial charge on any atom is -0.341 e. The van der Waals surface area contributed by atoms with Gasteiger partial charge in [-0.05, 0) is 67.8 Å². The third-order valence-electron chi connectivity index (χ3n) is 7.88. The highest BCUT2D eigenvalue weighted by Crippen LogP contribution is 2.59. The van der Waals surface area contributed by atoms with E-state index in [0.29, 0.717) is 63.8 Å². The summed E-state index contributed by atoms with van der Waals surface area (Å²) in [5, 5.41) is 2.72. The molecule has 232 valence electrons. The number of carbonyl (C=O) groups excluding carboxylic acids is 3. The number of alkyl halides is 2. The fourth-order valence-electron chi connectivity index (χ4n) is 5.49. The second kappa shape index (κ2) is 13.9. The van der Waals surface area contributed by atoms with Gasteiger partial charge < -0.3 is 30.6 Å². The van der Waals surface area contributed by atoms with Gasteiger partial charge in [0.05, 0.1) is 0 Å². The number of hydrogen-bond donors (Lipinski definition) is 4. The molecule has 13 heteroatoms. The SMILES string of the molecule is NCCCCC(NC(=O)/C=C/c1ccc(C(F)(F)P(=O)(O)O)cc1)C(=O)N1CCCC1C(=O)N1CCc2ccccc2C1. The molecule has 2 atom stereocenters. The van der Waals surface area contributed by atoms with Gasteiger partial charge in [0.25, 0.3) is 0 Å². The van der Waals surface area contributed by atoms with E-state index in [-0.39, 0.29) is 11.8 Å². The topological polar surface area (TPSA) is 153 Å². The lowest BCUT2D eigenvalue weighted by Crippen LogP contribution is -2.54. The molecule has 1 saturated heterocycles. The second-order valence-electron chi connectivity index (χ2n) is 10.9. The molecular weight excluding hydrogens is 581 g/mol. The summed E-state index contributed by atoms with van der Waals surface area (Å²) >= 11 is 0. The fourth-order valence-corrected chi connectivity index (χ4v) is 5.97. The molecule has 2 aliphatic heterocycles. The zero-order chi connectivity index (χ0) is 31.2. The Bertz CT molecular complexity index is 1400. The van der Waals surface area contributed by atoms with Crippen LogP contribution in [0.3, 0.4) is 0 Å². The number of unbranched alkanes of at least 4 members (excludes halogenated alkanes) is 1. The Hall–Kier alpha value is -3.44. The lowest BCUT2D eigenvalue weighted by atomic mass is 9.99. The molecule has 3 amide bonds. The molecule has 0 saturated carbocycles. The van der Waals surface area contributed by atoms with Crippen LogP contribution in [0.25, 0.3) is 6.08 Å². The van der Waals surface area contributed by atoms with Crippen LogP contribution in [-0.4, -0.2) is 69.0 Å². The van der Waals surface area contributed by atoms with Crippen molar-refractivity contribution in [1.29, 1.82) is 0 Å². The summed E-state index contributed by atoms with van der Waals surface area (Å²) in [4.78, 5) is 61.3. The summed E-state index contributed by atoms with van der Waals surface area (Å²) in [5.41, 5.74) is 3.10. The first kappa shape index (κ1) is 32.5. The van der Waals surface area contributed by atoms with Crippen LogP contribution in [-0.2, 0) is 37.6 Å². The standard InChI is InChI=1S/C30H37F2N4O6P/c31-30(32,43(40,41)42)24-13-10-21(11-14-24)12-15-27(37)34-25(8-3-4-17-33)28(38)36-18-5-9-26(36)29(39)35-19-16-22-6-1-2-7-23(22)20-35/h1-2,6-7,10-15,25-26H,3-5,8-9,16-20,33H2,(H,34,37)(H2,40,41,42)/b15-12+. The Morgan fingerprint density at radius 3 is 2.44 bits per heavy atom. The van der Waals surface area contributed by atoms with Crippen LogP contribution in [0.15, 0.2) is 54.6 Å². The lowest BCUT2D eigenvalue weighted by Gasteiger charge is -2.34. The van der Waals surface area contributed by atoms with Crippen LogP contribution in [0, 0.1) is 0 Å². The van der Waals surface area contributed by atoms with Gasteiger partial charge in [-0.2, -0.15) is 8.78 Å². The smallest absolute Gasteiger partial charge is 0.341 e. The minimum atomic E-state index is -5.70. The summed E-state index contributed by atoms with van der Waals surface area (Å²) < 4.78 is 38.9. The normalized spacial score (nSPS) is 18.0. The van der Waals surface area contributed by atoms with Crippen molar-refractivity contribution in [2.45, 2.75) is 62.8 Å². The van der Waals surface area contributed by atoms with Gasteiger partial charge in [-0.15, -0.1) is 0 Å². The van der Waals surface area contributed by atoms with Gasteiger partial charge in [0.15, 0.2) is 0 Å². The van der Waals surface area contributed by atoms with Crippen molar-refractivity contribution in [1.82, 2.24) is 15.1 Å². The maximum atomic E-state index is 13.9. The zero-order valence-corrected chi connectivity index (χ0v) is 24.6. The summed E-state index contributed by atoms with van der Waals surface area (Å²) in [6.45, 7) is 1.90. The third-order valence-corrected chi connectivity index (χ3v) is 8.87. The second-order valence-corrected chi connectivity index (χ2v) is 12.5. The average molecular weight is 619 g/mol. The largest absolute Gasteiger partial charge is 0.399 e. The van der Waals surface area contributed by atoms with Gasteiger partial charge in [-0.25, -0.2) is 0 Å². The number of fused-ring (bicyclic) bond motifs is 1. The van der Waals surface area contributed by atoms with E-state index in [9.17, 15) is 27.7 Å². The minimum absolute atomic E-state index is 0.0972. The molecule has 2 aromatic rings. The van der Waals surface area contributed by atoms with E-state index in [1.54, 1.807) is 9.80 Å². The maximum absolute atomic E-state index is 13.9. The number of nitrogens with one attached hydrogen (secondary N) is 1. The molecule has 0 bridgehead atoms. The average Bonchev–Trinajstić information content (AvgIpc) is 3.48.